The third-order valence-corrected chi connectivity index (χ3v) is 2.74. The normalized spacial score (nSPS) is 33.6. The van der Waals surface area contributed by atoms with Crippen LogP contribution in [0.4, 0.5) is 0 Å². The van der Waals surface area contributed by atoms with E-state index in [1.807, 2.05) is 0 Å². The van der Waals surface area contributed by atoms with Gasteiger partial charge in [0.25, 0.3) is 0 Å². The number of hydrogen-bond donors (Lipinski definition) is 0. The van der Waals surface area contributed by atoms with Gasteiger partial charge in [0.15, 0.2) is 0 Å². The fourth-order valence-electron chi connectivity index (χ4n) is 1.06. The highest BCUT2D eigenvalue weighted by Gasteiger charge is 2.25. The summed E-state index contributed by atoms with van der Waals surface area (Å²) in [5.74, 6) is 0.523. The van der Waals surface area contributed by atoms with Crippen molar-refractivity contribution in [1.82, 2.24) is 0 Å². The van der Waals surface area contributed by atoms with Crippen molar-refractivity contribution < 1.29 is 9.53 Å². The Morgan fingerprint density at radius 2 is 2.50 bits per heavy atom. The minimum Gasteiger partial charge on any atom is -0.461 e. The van der Waals surface area contributed by atoms with E-state index in [9.17, 15) is 4.79 Å². The summed E-state index contributed by atoms with van der Waals surface area (Å²) in [5.41, 5.74) is 0. The Balaban J connectivity index is 2.45. The number of alkyl halides is 1. The average Bonchev–Trinajstić information content (AvgIpc) is 1.94. The molecule has 2 nitrogen and oxygen atoms in total. The molecule has 0 spiro atoms. The van der Waals surface area contributed by atoms with Gasteiger partial charge in [-0.05, 0) is 12.3 Å². The van der Waals surface area contributed by atoms with Crippen LogP contribution in [0.3, 0.4) is 0 Å². The molecule has 0 radical (unpaired) electrons. The van der Waals surface area contributed by atoms with Crippen LogP contribution in [-0.2, 0) is 9.53 Å². The molecule has 0 aliphatic carbocycles. The molecule has 0 saturated carbocycles. The van der Waals surface area contributed by atoms with E-state index in [0.29, 0.717) is 12.3 Å². The maximum Gasteiger partial charge on any atom is 0.306 e. The van der Waals surface area contributed by atoms with Crippen molar-refractivity contribution in [2.45, 2.75) is 25.9 Å². The van der Waals surface area contributed by atoms with Crippen LogP contribution in [0.1, 0.15) is 19.8 Å². The molecule has 0 unspecified atom stereocenters. The molecule has 1 heterocycles. The van der Waals surface area contributed by atoms with Crippen molar-refractivity contribution in [1.29, 1.82) is 0 Å². The second-order valence-corrected chi connectivity index (χ2v) is 3.58. The number of carbonyl (C=O) groups excluding carboxylic acids is 1. The SMILES string of the molecule is C[C@H]1CCC(=O)O[C@H]1CI. The van der Waals surface area contributed by atoms with Crippen molar-refractivity contribution in [2.75, 3.05) is 4.43 Å². The van der Waals surface area contributed by atoms with Gasteiger partial charge < -0.3 is 4.74 Å². The smallest absolute Gasteiger partial charge is 0.306 e. The van der Waals surface area contributed by atoms with Crippen LogP contribution in [0.2, 0.25) is 0 Å². The molecule has 0 amide bonds. The summed E-state index contributed by atoms with van der Waals surface area (Å²) in [5, 5.41) is 0. The molecule has 10 heavy (non-hydrogen) atoms. The molecule has 1 aliphatic heterocycles. The van der Waals surface area contributed by atoms with Gasteiger partial charge in [-0.25, -0.2) is 0 Å². The summed E-state index contributed by atoms with van der Waals surface area (Å²) in [6.07, 6.45) is 1.77. The zero-order chi connectivity index (χ0) is 7.56. The van der Waals surface area contributed by atoms with E-state index < -0.39 is 0 Å². The Bertz CT molecular complexity index is 136. The molecule has 1 aliphatic rings. The van der Waals surface area contributed by atoms with Gasteiger partial charge in [-0.3, -0.25) is 4.79 Å². The lowest BCUT2D eigenvalue weighted by molar-refractivity contribution is -0.155. The summed E-state index contributed by atoms with van der Waals surface area (Å²) in [4.78, 5) is 10.8. The summed E-state index contributed by atoms with van der Waals surface area (Å²) in [6, 6.07) is 0. The molecule has 0 bridgehead atoms. The Morgan fingerprint density at radius 3 is 3.00 bits per heavy atom. The van der Waals surface area contributed by atoms with E-state index >= 15 is 0 Å². The predicted octanol–water partition coefficient (Wildman–Crippen LogP) is 1.76. The summed E-state index contributed by atoms with van der Waals surface area (Å²) in [7, 11) is 0. The third-order valence-electron chi connectivity index (χ3n) is 1.87. The minimum absolute atomic E-state index is 0.0280. The van der Waals surface area contributed by atoms with Crippen molar-refractivity contribution in [2.24, 2.45) is 5.92 Å². The molecule has 0 aromatic heterocycles. The molecule has 1 rings (SSSR count). The molecule has 0 aromatic carbocycles. The van der Waals surface area contributed by atoms with Gasteiger partial charge in [0.05, 0.1) is 0 Å². The number of carbonyl (C=O) groups is 1. The highest BCUT2D eigenvalue weighted by molar-refractivity contribution is 14.1. The molecule has 58 valence electrons. The zero-order valence-corrected chi connectivity index (χ0v) is 8.13. The largest absolute Gasteiger partial charge is 0.461 e. The number of ether oxygens (including phenoxy) is 1. The van der Waals surface area contributed by atoms with E-state index in [-0.39, 0.29) is 12.1 Å². The number of rotatable bonds is 1. The quantitative estimate of drug-likeness (QED) is 0.405. The average molecular weight is 254 g/mol. The third kappa shape index (κ3) is 1.84. The highest BCUT2D eigenvalue weighted by atomic mass is 127. The molecule has 0 N–H and O–H groups in total. The Labute approximate surface area is 74.5 Å². The summed E-state index contributed by atoms with van der Waals surface area (Å²) in [6.45, 7) is 2.13. The maximum atomic E-state index is 10.8. The first-order valence-electron chi connectivity index (χ1n) is 3.49. The first kappa shape index (κ1) is 8.30. The second-order valence-electron chi connectivity index (χ2n) is 2.70. The first-order chi connectivity index (χ1) is 4.74. The van der Waals surface area contributed by atoms with Crippen LogP contribution in [-0.4, -0.2) is 16.5 Å². The lowest BCUT2D eigenvalue weighted by Gasteiger charge is -2.26. The van der Waals surface area contributed by atoms with Crippen LogP contribution >= 0.6 is 22.6 Å². The molecular weight excluding hydrogens is 243 g/mol. The Kier molecular flexibility index (Phi) is 2.95. The number of cyclic esters (lactones) is 1. The van der Waals surface area contributed by atoms with Crippen LogP contribution in [0, 0.1) is 5.92 Å². The minimum atomic E-state index is -0.0280. The van der Waals surface area contributed by atoms with E-state index in [1.165, 1.54) is 0 Å². The Morgan fingerprint density at radius 1 is 1.80 bits per heavy atom. The second kappa shape index (κ2) is 3.55. The zero-order valence-electron chi connectivity index (χ0n) is 5.97. The fraction of sp³-hybridized carbons (Fsp3) is 0.857. The van der Waals surface area contributed by atoms with Gasteiger partial charge in [0.1, 0.15) is 6.10 Å². The lowest BCUT2D eigenvalue weighted by Crippen LogP contribution is -2.31. The lowest BCUT2D eigenvalue weighted by atomic mass is 9.98. The molecule has 3 heteroatoms. The summed E-state index contributed by atoms with van der Waals surface area (Å²) < 4.78 is 6.02. The van der Waals surface area contributed by atoms with Gasteiger partial charge in [-0.15, -0.1) is 0 Å². The Hall–Kier alpha value is 0.200. The van der Waals surface area contributed by atoms with Crippen molar-refractivity contribution in [3.63, 3.8) is 0 Å². The molecule has 1 fully saturated rings. The van der Waals surface area contributed by atoms with E-state index in [4.69, 9.17) is 4.74 Å². The van der Waals surface area contributed by atoms with E-state index in [2.05, 4.69) is 29.5 Å². The van der Waals surface area contributed by atoms with Gasteiger partial charge in [-0.1, -0.05) is 29.5 Å². The van der Waals surface area contributed by atoms with Crippen molar-refractivity contribution in [3.8, 4) is 0 Å². The van der Waals surface area contributed by atoms with Gasteiger partial charge in [0, 0.05) is 10.8 Å². The van der Waals surface area contributed by atoms with Crippen molar-refractivity contribution in [3.05, 3.63) is 0 Å². The standard InChI is InChI=1S/C7H11IO2/c1-5-2-3-7(9)10-6(5)4-8/h5-6H,2-4H2,1H3/t5-,6-/m0/s1. The predicted molar refractivity (Wildman–Crippen MR) is 47.2 cm³/mol. The molecular formula is C7H11IO2. The van der Waals surface area contributed by atoms with E-state index in [1.54, 1.807) is 0 Å². The van der Waals surface area contributed by atoms with Crippen LogP contribution in [0.5, 0.6) is 0 Å². The number of halogens is 1. The van der Waals surface area contributed by atoms with Gasteiger partial charge in [-0.2, -0.15) is 0 Å². The van der Waals surface area contributed by atoms with E-state index in [0.717, 1.165) is 10.8 Å². The van der Waals surface area contributed by atoms with Crippen molar-refractivity contribution >= 4 is 28.6 Å². The molecule has 2 atom stereocenters. The highest BCUT2D eigenvalue weighted by Crippen LogP contribution is 2.22. The molecule has 0 aromatic rings. The van der Waals surface area contributed by atoms with Crippen LogP contribution in [0.15, 0.2) is 0 Å². The van der Waals surface area contributed by atoms with Gasteiger partial charge >= 0.3 is 5.97 Å². The van der Waals surface area contributed by atoms with Gasteiger partial charge in [0.2, 0.25) is 0 Å². The monoisotopic (exact) mass is 254 g/mol. The van der Waals surface area contributed by atoms with Crippen LogP contribution in [0.25, 0.3) is 0 Å². The number of esters is 1. The maximum absolute atomic E-state index is 10.8. The fourth-order valence-corrected chi connectivity index (χ4v) is 2.11. The first-order valence-corrected chi connectivity index (χ1v) is 5.02. The number of hydrogen-bond acceptors (Lipinski definition) is 2. The van der Waals surface area contributed by atoms with Crippen LogP contribution < -0.4 is 0 Å². The molecule has 1 saturated heterocycles. The topological polar surface area (TPSA) is 26.3 Å². The summed E-state index contributed by atoms with van der Waals surface area (Å²) >= 11 is 2.25.